The molecule has 77 valence electrons. The highest BCUT2D eigenvalue weighted by Crippen LogP contribution is 2.33. The first kappa shape index (κ1) is 10.4. The Morgan fingerprint density at radius 3 is 2.50 bits per heavy atom. The Kier molecular flexibility index (Phi) is 3.82. The third-order valence-electron chi connectivity index (χ3n) is 3.07. The van der Waals surface area contributed by atoms with E-state index in [0.29, 0.717) is 6.54 Å². The Morgan fingerprint density at radius 2 is 1.79 bits per heavy atom. The number of rotatable bonds is 3. The number of likely N-dealkylation sites (tertiary alicyclic amines) is 1. The average molecular weight is 191 g/mol. The Morgan fingerprint density at radius 1 is 1.07 bits per heavy atom. The van der Waals surface area contributed by atoms with Crippen LogP contribution in [0.15, 0.2) is 0 Å². The van der Waals surface area contributed by atoms with E-state index < -0.39 is 0 Å². The lowest BCUT2D eigenvalue weighted by Gasteiger charge is -2.30. The predicted molar refractivity (Wildman–Crippen MR) is 58.7 cm³/mol. The molecule has 2 N–H and O–H groups in total. The fourth-order valence-electron chi connectivity index (χ4n) is 2.21. The van der Waals surface area contributed by atoms with Crippen molar-refractivity contribution in [3.63, 3.8) is 0 Å². The lowest BCUT2D eigenvalue weighted by Crippen LogP contribution is -2.35. The third kappa shape index (κ3) is 2.48. The first-order valence-corrected chi connectivity index (χ1v) is 5.56. The molecular weight excluding hydrogens is 172 g/mol. The summed E-state index contributed by atoms with van der Waals surface area (Å²) in [5.74, 6) is 2.74. The van der Waals surface area contributed by atoms with E-state index in [9.17, 15) is 0 Å². The second-order valence-electron chi connectivity index (χ2n) is 4.12. The number of piperidine rings is 1. The lowest BCUT2D eigenvalue weighted by atomic mass is 9.95. The molecule has 0 bridgehead atoms. The summed E-state index contributed by atoms with van der Waals surface area (Å²) in [4.78, 5) is 2.54. The molecule has 2 aliphatic rings. The van der Waals surface area contributed by atoms with Crippen molar-refractivity contribution in [2.75, 3.05) is 26.2 Å². The second-order valence-corrected chi connectivity index (χ2v) is 4.12. The Balaban J connectivity index is 1.77. The molecule has 5 radical (unpaired) electrons. The van der Waals surface area contributed by atoms with Gasteiger partial charge in [0.25, 0.3) is 0 Å². The van der Waals surface area contributed by atoms with Crippen molar-refractivity contribution in [3.05, 3.63) is 31.1 Å². The van der Waals surface area contributed by atoms with E-state index in [1.54, 1.807) is 0 Å². The van der Waals surface area contributed by atoms with Crippen LogP contribution in [0.25, 0.3) is 0 Å². The molecule has 1 heterocycles. The quantitative estimate of drug-likeness (QED) is 0.726. The highest BCUT2D eigenvalue weighted by Gasteiger charge is 2.29. The molecule has 2 fully saturated rings. The molecule has 0 atom stereocenters. The van der Waals surface area contributed by atoms with Gasteiger partial charge in [0.15, 0.2) is 0 Å². The maximum Gasteiger partial charge on any atom is 0.00531 e. The molecule has 14 heavy (non-hydrogen) atoms. The van der Waals surface area contributed by atoms with E-state index in [0.717, 1.165) is 6.54 Å². The molecule has 0 spiro atoms. The molecule has 1 saturated carbocycles. The summed E-state index contributed by atoms with van der Waals surface area (Å²) in [6, 6.07) is 0. The van der Waals surface area contributed by atoms with Gasteiger partial charge < -0.3 is 10.6 Å². The van der Waals surface area contributed by atoms with Gasteiger partial charge in [0.2, 0.25) is 0 Å². The van der Waals surface area contributed by atoms with Crippen LogP contribution in [0, 0.1) is 31.1 Å². The van der Waals surface area contributed by atoms with Crippen LogP contribution in [-0.2, 0) is 0 Å². The molecule has 2 heteroatoms. The highest BCUT2D eigenvalue weighted by molar-refractivity contribution is 5.45. The Hall–Kier alpha value is -0.0800. The van der Waals surface area contributed by atoms with Gasteiger partial charge in [-0.25, -0.2) is 0 Å². The molecule has 1 saturated heterocycles. The zero-order valence-electron chi connectivity index (χ0n) is 8.71. The fraction of sp³-hybridized carbons (Fsp3) is 0.583. The number of nitrogens with two attached hydrogens (primary N) is 1. The van der Waals surface area contributed by atoms with Gasteiger partial charge >= 0.3 is 0 Å². The van der Waals surface area contributed by atoms with Crippen molar-refractivity contribution in [2.45, 2.75) is 19.3 Å². The van der Waals surface area contributed by atoms with Crippen molar-refractivity contribution in [1.29, 1.82) is 0 Å². The van der Waals surface area contributed by atoms with Crippen LogP contribution in [0.3, 0.4) is 0 Å². The minimum absolute atomic E-state index is 0.677. The van der Waals surface area contributed by atoms with E-state index >= 15 is 0 Å². The standard InChI is InChI=1S/C12H19N2/c13-9-11-5-4-6-12(11)10-14-7-2-1-3-8-14/h4-6H,1-3,7-10,13H2. The summed E-state index contributed by atoms with van der Waals surface area (Å²) in [5.41, 5.74) is 5.68. The SMILES string of the molecule is NC[C]1[CH][CH][CH][C]1CN1CCCCC1. The minimum atomic E-state index is 0.677. The zero-order valence-corrected chi connectivity index (χ0v) is 8.71. The Labute approximate surface area is 87.8 Å². The van der Waals surface area contributed by atoms with Crippen LogP contribution < -0.4 is 5.73 Å². The summed E-state index contributed by atoms with van der Waals surface area (Å²) < 4.78 is 0. The predicted octanol–water partition coefficient (Wildman–Crippen LogP) is 1.21. The molecular formula is C12H19N2. The van der Waals surface area contributed by atoms with E-state index in [4.69, 9.17) is 5.73 Å². The van der Waals surface area contributed by atoms with Crippen molar-refractivity contribution in [2.24, 2.45) is 5.73 Å². The van der Waals surface area contributed by atoms with Gasteiger partial charge in [-0.3, -0.25) is 0 Å². The van der Waals surface area contributed by atoms with Crippen LogP contribution in [-0.4, -0.2) is 31.1 Å². The molecule has 1 aliphatic carbocycles. The lowest BCUT2D eigenvalue weighted by molar-refractivity contribution is 0.239. The maximum atomic E-state index is 5.68. The molecule has 0 aromatic carbocycles. The summed E-state index contributed by atoms with van der Waals surface area (Å²) in [6.45, 7) is 4.29. The van der Waals surface area contributed by atoms with Crippen molar-refractivity contribution >= 4 is 0 Å². The summed E-state index contributed by atoms with van der Waals surface area (Å²) in [6.07, 6.45) is 10.6. The summed E-state index contributed by atoms with van der Waals surface area (Å²) in [5, 5.41) is 0. The molecule has 1 aliphatic heterocycles. The number of nitrogens with zero attached hydrogens (tertiary/aromatic N) is 1. The smallest absolute Gasteiger partial charge is 0.00531 e. The van der Waals surface area contributed by atoms with Gasteiger partial charge in [-0.1, -0.05) is 6.42 Å². The molecule has 0 aromatic heterocycles. The zero-order chi connectivity index (χ0) is 9.80. The van der Waals surface area contributed by atoms with E-state index in [1.807, 2.05) is 0 Å². The number of hydrogen-bond donors (Lipinski definition) is 1. The normalized spacial score (nSPS) is 27.2. The van der Waals surface area contributed by atoms with Crippen LogP contribution in [0.1, 0.15) is 19.3 Å². The molecule has 0 aromatic rings. The van der Waals surface area contributed by atoms with Gasteiger partial charge in [-0.05, 0) is 51.7 Å². The fourth-order valence-corrected chi connectivity index (χ4v) is 2.21. The monoisotopic (exact) mass is 191 g/mol. The largest absolute Gasteiger partial charge is 0.330 e. The average Bonchev–Trinajstić information content (AvgIpc) is 2.67. The topological polar surface area (TPSA) is 29.3 Å². The summed E-state index contributed by atoms with van der Waals surface area (Å²) in [7, 11) is 0. The van der Waals surface area contributed by atoms with E-state index in [1.165, 1.54) is 44.2 Å². The number of hydrogen-bond acceptors (Lipinski definition) is 2. The first-order chi connectivity index (χ1) is 6.90. The molecule has 2 nitrogen and oxygen atoms in total. The summed E-state index contributed by atoms with van der Waals surface area (Å²) >= 11 is 0. The van der Waals surface area contributed by atoms with Gasteiger partial charge in [-0.15, -0.1) is 0 Å². The van der Waals surface area contributed by atoms with Gasteiger partial charge in [0.1, 0.15) is 0 Å². The Bertz CT molecular complexity index is 164. The maximum absolute atomic E-state index is 5.68. The third-order valence-corrected chi connectivity index (χ3v) is 3.07. The van der Waals surface area contributed by atoms with Gasteiger partial charge in [0.05, 0.1) is 0 Å². The molecule has 0 unspecified atom stereocenters. The van der Waals surface area contributed by atoms with E-state index in [-0.39, 0.29) is 0 Å². The van der Waals surface area contributed by atoms with E-state index in [2.05, 4.69) is 24.2 Å². The van der Waals surface area contributed by atoms with Gasteiger partial charge in [-0.2, -0.15) is 0 Å². The van der Waals surface area contributed by atoms with Crippen molar-refractivity contribution < 1.29 is 0 Å². The van der Waals surface area contributed by atoms with Crippen molar-refractivity contribution in [1.82, 2.24) is 4.90 Å². The molecule has 0 amide bonds. The molecule has 2 rings (SSSR count). The minimum Gasteiger partial charge on any atom is -0.330 e. The van der Waals surface area contributed by atoms with Crippen LogP contribution in [0.5, 0.6) is 0 Å². The van der Waals surface area contributed by atoms with Crippen LogP contribution in [0.4, 0.5) is 0 Å². The second kappa shape index (κ2) is 5.13. The van der Waals surface area contributed by atoms with Crippen LogP contribution >= 0.6 is 0 Å². The van der Waals surface area contributed by atoms with Crippen molar-refractivity contribution in [3.8, 4) is 0 Å². The van der Waals surface area contributed by atoms with Gasteiger partial charge in [0, 0.05) is 18.4 Å². The highest BCUT2D eigenvalue weighted by atomic mass is 15.1. The first-order valence-electron chi connectivity index (χ1n) is 5.56. The van der Waals surface area contributed by atoms with Crippen LogP contribution in [0.2, 0.25) is 0 Å².